The molecule has 41 nitrogen and oxygen atoms in total. The van der Waals surface area contributed by atoms with Crippen molar-refractivity contribution in [3.8, 4) is 0 Å². The fourth-order valence-electron chi connectivity index (χ4n) is 5.38. The van der Waals surface area contributed by atoms with Crippen LogP contribution in [0.1, 0.15) is 25.7 Å². The largest absolute Gasteiger partial charge is 3.00 e. The van der Waals surface area contributed by atoms with Gasteiger partial charge in [0.05, 0.1) is 34.2 Å². The third-order valence-corrected chi connectivity index (χ3v) is 11.3. The molecular weight excluding hydrogens is 1280 g/mol. The van der Waals surface area contributed by atoms with E-state index in [1.54, 1.807) is 0 Å². The molecule has 2 aliphatic heterocycles. The Morgan fingerprint density at radius 3 is 1.69 bits per heavy atom. The summed E-state index contributed by atoms with van der Waals surface area (Å²) in [5.41, 5.74) is 21.5. The number of guanidine groups is 1. The zero-order chi connectivity index (χ0) is 62.2. The summed E-state index contributed by atoms with van der Waals surface area (Å²) in [5.74, 6) is -6.65. The molecule has 2 heterocycles. The maximum absolute atomic E-state index is 13.6. The monoisotopic (exact) mass is 1330 g/mol. The molecule has 0 radical (unpaired) electrons. The fourth-order valence-corrected chi connectivity index (χ4v) is 7.44. The van der Waals surface area contributed by atoms with Crippen LogP contribution < -0.4 is 75.7 Å². The third kappa shape index (κ3) is 39.3. The van der Waals surface area contributed by atoms with Gasteiger partial charge in [0.25, 0.3) is 5.91 Å². The van der Waals surface area contributed by atoms with Crippen LogP contribution in [-0.4, -0.2) is 236 Å². The van der Waals surface area contributed by atoms with Crippen molar-refractivity contribution >= 4 is 157 Å². The minimum atomic E-state index is -5.17. The summed E-state index contributed by atoms with van der Waals surface area (Å²) in [4.78, 5) is 92.9. The van der Waals surface area contributed by atoms with E-state index >= 15 is 0 Å². The Labute approximate surface area is 490 Å². The van der Waals surface area contributed by atoms with Crippen molar-refractivity contribution in [2.45, 2.75) is 78.0 Å². The quantitative estimate of drug-likeness (QED) is 0.0400. The molecule has 1 aromatic carbocycles. The maximum atomic E-state index is 13.6. The zero-order valence-electron chi connectivity index (χ0n) is 40.5. The first kappa shape index (κ1) is 82.7. The van der Waals surface area contributed by atoms with Crippen molar-refractivity contribution in [2.24, 2.45) is 38.2 Å². The number of aliphatic hydroxyl groups excluding tert-OH is 3. The molecule has 1 aromatic rings. The van der Waals surface area contributed by atoms with Gasteiger partial charge in [-0.2, -0.15) is 0 Å². The summed E-state index contributed by atoms with van der Waals surface area (Å²) in [6, 6.07) is -7.97. The number of nitrogens with one attached hydrogen (secondary N) is 8. The number of halogens is 2. The minimum Gasteiger partial charge on any atom is -0.759 e. The van der Waals surface area contributed by atoms with Gasteiger partial charge in [-0.15, -0.1) is 0 Å². The van der Waals surface area contributed by atoms with Crippen LogP contribution in [0, 0.1) is 0 Å². The second-order valence-electron chi connectivity index (χ2n) is 14.8. The number of urea groups is 1. The van der Waals surface area contributed by atoms with Gasteiger partial charge in [0.1, 0.15) is 34.8 Å². The van der Waals surface area contributed by atoms with E-state index in [4.69, 9.17) is 109 Å². The second kappa shape index (κ2) is 37.4. The van der Waals surface area contributed by atoms with Gasteiger partial charge in [0, 0.05) is 62.8 Å². The Kier molecular flexibility index (Phi) is 38.2. The molecule has 50 heteroatoms. The first-order valence-electron chi connectivity index (χ1n) is 20.3. The molecule has 23 N–H and O–H groups in total. The Morgan fingerprint density at radius 2 is 1.26 bits per heavy atom. The van der Waals surface area contributed by atoms with Crippen molar-refractivity contribution in [3.63, 3.8) is 0 Å². The molecule has 0 unspecified atom stereocenters. The number of amides is 8. The van der Waals surface area contributed by atoms with Gasteiger partial charge in [-0.05, 0) is 31.5 Å². The molecule has 0 spiro atoms. The van der Waals surface area contributed by atoms with E-state index in [0.29, 0.717) is 25.6 Å². The first-order valence-corrected chi connectivity index (χ1v) is 28.1. The maximum Gasteiger partial charge on any atom is 3.00 e. The molecule has 0 aliphatic carbocycles. The van der Waals surface area contributed by atoms with E-state index in [-0.39, 0.29) is 63.6 Å². The second-order valence-corrected chi connectivity index (χ2v) is 21.1. The predicted molar refractivity (Wildman–Crippen MR) is 266 cm³/mol. The number of nitrogens with zero attached hydrogens (tertiary/aromatic N) is 1. The molecule has 1 fully saturated rings. The molecule has 81 heavy (non-hydrogen) atoms. The van der Waals surface area contributed by atoms with Crippen LogP contribution in [0.5, 0.6) is 0 Å². The van der Waals surface area contributed by atoms with Crippen molar-refractivity contribution in [1.82, 2.24) is 42.5 Å². The summed E-state index contributed by atoms with van der Waals surface area (Å²) in [6.07, 6.45) is -0.339. The molecule has 0 bridgehead atoms. The van der Waals surface area contributed by atoms with Gasteiger partial charge in [-0.25, -0.2) is 36.9 Å². The summed E-state index contributed by atoms with van der Waals surface area (Å²) < 4.78 is 146. The van der Waals surface area contributed by atoms with Crippen LogP contribution in [-0.2, 0) is 80.0 Å². The van der Waals surface area contributed by atoms with Crippen LogP contribution in [0.2, 0.25) is 10.0 Å². The predicted octanol–water partition coefficient (Wildman–Crippen LogP) is -13.4. The van der Waals surface area contributed by atoms with Crippen LogP contribution >= 0.6 is 23.2 Å². The number of primary amides is 1. The number of carbonyl (C=O) groups excluding carboxylic acids is 7. The number of carbonyl (C=O) groups is 7. The molecule has 8 amide bonds. The summed E-state index contributed by atoms with van der Waals surface area (Å²) >= 11 is 11.1. The number of sulfonamides is 2. The Morgan fingerprint density at radius 1 is 0.778 bits per heavy atom. The van der Waals surface area contributed by atoms with Gasteiger partial charge < -0.3 is 108 Å². The average Bonchev–Trinajstić information content (AvgIpc) is 3.25. The molecular formula is C31H49Al2Cl2N15O26S5. The van der Waals surface area contributed by atoms with Gasteiger partial charge in [0.2, 0.25) is 49.6 Å². The van der Waals surface area contributed by atoms with Gasteiger partial charge in [0.15, 0.2) is 12.2 Å². The topological polar surface area (TPSA) is 754 Å². The number of benzene rings is 1. The first-order chi connectivity index (χ1) is 35.7. The van der Waals surface area contributed by atoms with E-state index in [2.05, 4.69) is 42.2 Å². The standard InChI is InChI=1S/C25H43N13O10.C6H6Cl2N2O4S2.2Al.3H2O4S/c26-3-1-2-10(27)4-16(41)32-12-6-30-23(47)18(11-5-17(42)37-24(28)36-11)38-20(44)13(7-31-25(29)48)33-21(45)14(8-39)35-22(46)15(9-40)34-19(12)43;7-4-1-3(15(9,11)12)2-5(6(4)8)16(10,13)14;;;3*1-5(2,3)4/h7,10-12,14-15,17-18,39-40,42H,1-6,8-9,26-27H2,(H,30,47)(H,32,41)(H,33,45)(H,34,43)(H,35,46)(H,38,44)(H3,28,36,37)(H3,29,31,48);1-2H,(H2,9,11,12)(H2,10,13,14);;;3*(H2,1,2,3,4)/q;;2*+3;;;/p-6/b13-7-;;;;;;/t10-,11+,12-,14-,15-,17-,18-;;;;;;/m0....../s1. The van der Waals surface area contributed by atoms with Crippen molar-refractivity contribution in [3.05, 3.63) is 34.1 Å². The summed E-state index contributed by atoms with van der Waals surface area (Å²) in [5, 5.41) is 56.9. The molecule has 454 valence electrons. The molecule has 3 rings (SSSR count). The Bertz CT molecular complexity index is 2900. The Hall–Kier alpha value is -4.81. The van der Waals surface area contributed by atoms with Crippen molar-refractivity contribution in [1.29, 1.82) is 0 Å². The number of hydrogen-bond acceptors (Lipinski definition) is 31. The van der Waals surface area contributed by atoms with Crippen molar-refractivity contribution < 1.29 is 118 Å². The van der Waals surface area contributed by atoms with Crippen molar-refractivity contribution in [2.75, 3.05) is 26.3 Å². The van der Waals surface area contributed by atoms with E-state index in [1.165, 1.54) is 0 Å². The van der Waals surface area contributed by atoms with E-state index in [9.17, 15) is 65.7 Å². The Balaban J connectivity index is -0.000000727. The number of primary sulfonamides is 2. The molecule has 7 atom stereocenters. The third-order valence-electron chi connectivity index (χ3n) is 8.51. The molecule has 1 saturated heterocycles. The van der Waals surface area contributed by atoms with E-state index in [0.717, 1.165) is 12.1 Å². The normalized spacial score (nSPS) is 21.0. The fraction of sp³-hybridized carbons (Fsp3) is 0.484. The number of hydrogen-bond donors (Lipinski definition) is 17. The van der Waals surface area contributed by atoms with Crippen LogP contribution in [0.15, 0.2) is 38.8 Å². The van der Waals surface area contributed by atoms with Crippen LogP contribution in [0.4, 0.5) is 4.79 Å². The minimum absolute atomic E-state index is 0. The molecule has 0 saturated carbocycles. The number of aliphatic imine (C=N–C) groups is 1. The summed E-state index contributed by atoms with van der Waals surface area (Å²) in [7, 11) is -23.8. The van der Waals surface area contributed by atoms with Gasteiger partial charge >= 0.3 is 40.8 Å². The number of aliphatic hydroxyl groups is 3. The molecule has 2 aliphatic rings. The van der Waals surface area contributed by atoms with Crippen LogP contribution in [0.3, 0.4) is 0 Å². The number of rotatable bonds is 12. The smallest absolute Gasteiger partial charge is 0.759 e. The molecule has 0 aromatic heterocycles. The summed E-state index contributed by atoms with van der Waals surface area (Å²) in [6.45, 7) is -2.36. The van der Waals surface area contributed by atoms with Gasteiger partial charge in [-0.3, -0.25) is 54.0 Å². The SMILES string of the molecule is NCCC[C@H](N)CC(=O)N[C@H]1CNC(=O)[C@H]([C@H]2C[C@H](O)N=C(N)N2)NC(=O)/C(=C/NC(N)=O)NC(=O)[C@H](CO)NC(=O)[C@H](CO)NC1=O.NS(=O)(=O)c1cc(Cl)c(Cl)c(S(N)(=O)=O)c1.O=S(=O)([O-])[O-].O=S(=O)([O-])[O-].O=S(=O)([O-])[O-].[Al+3].[Al+3]. The zero-order valence-corrected chi connectivity index (χ0v) is 48.4. The van der Waals surface area contributed by atoms with E-state index in [1.807, 2.05) is 5.32 Å². The van der Waals surface area contributed by atoms with Crippen LogP contribution in [0.25, 0.3) is 0 Å². The van der Waals surface area contributed by atoms with Gasteiger partial charge in [-0.1, -0.05) is 23.2 Å². The number of nitrogens with two attached hydrogens (primary N) is 6. The average molecular weight is 1330 g/mol. The van der Waals surface area contributed by atoms with E-state index < -0.39 is 170 Å².